The minimum atomic E-state index is -1.13. The molecule has 110 valence electrons. The van der Waals surface area contributed by atoms with Gasteiger partial charge in [0, 0.05) is 13.8 Å². The van der Waals surface area contributed by atoms with E-state index in [1.807, 2.05) is 6.92 Å². The molecule has 2 rings (SSSR count). The van der Waals surface area contributed by atoms with Gasteiger partial charge in [0.2, 0.25) is 5.75 Å². The first-order valence-corrected chi connectivity index (χ1v) is 6.45. The summed E-state index contributed by atoms with van der Waals surface area (Å²) in [5.41, 5.74) is 0. The van der Waals surface area contributed by atoms with Gasteiger partial charge in [-0.3, -0.25) is 4.79 Å². The second kappa shape index (κ2) is 6.00. The Morgan fingerprint density at radius 2 is 2.10 bits per heavy atom. The lowest BCUT2D eigenvalue weighted by molar-refractivity contribution is -0.266. The van der Waals surface area contributed by atoms with E-state index in [4.69, 9.17) is 23.7 Å². The zero-order valence-corrected chi connectivity index (χ0v) is 11.8. The third-order valence-corrected chi connectivity index (χ3v) is 2.58. The van der Waals surface area contributed by atoms with Crippen LogP contribution in [0.25, 0.3) is 0 Å². The summed E-state index contributed by atoms with van der Waals surface area (Å²) in [6, 6.07) is 5.33. The van der Waals surface area contributed by atoms with Crippen molar-refractivity contribution in [1.29, 1.82) is 0 Å². The van der Waals surface area contributed by atoms with Crippen LogP contribution in [0, 0.1) is 0 Å². The molecular weight excluding hydrogens is 264 g/mol. The first kappa shape index (κ1) is 14.5. The number of para-hydroxylation sites is 1. The Hall–Kier alpha value is -1.95. The highest BCUT2D eigenvalue weighted by Crippen LogP contribution is 2.46. The molecule has 0 aromatic heterocycles. The van der Waals surface area contributed by atoms with Gasteiger partial charge in [-0.25, -0.2) is 0 Å². The number of esters is 1. The number of hydrogen-bond donors (Lipinski definition) is 0. The highest BCUT2D eigenvalue weighted by Gasteiger charge is 2.39. The van der Waals surface area contributed by atoms with Crippen LogP contribution in [0.5, 0.6) is 17.2 Å². The van der Waals surface area contributed by atoms with Gasteiger partial charge in [-0.2, -0.15) is 0 Å². The van der Waals surface area contributed by atoms with E-state index in [0.29, 0.717) is 23.9 Å². The van der Waals surface area contributed by atoms with Crippen LogP contribution in [0.4, 0.5) is 0 Å². The summed E-state index contributed by atoms with van der Waals surface area (Å²) >= 11 is 0. The number of hydrogen-bond acceptors (Lipinski definition) is 6. The van der Waals surface area contributed by atoms with Crippen molar-refractivity contribution < 1.29 is 28.5 Å². The van der Waals surface area contributed by atoms with E-state index >= 15 is 0 Å². The van der Waals surface area contributed by atoms with Crippen molar-refractivity contribution in [2.24, 2.45) is 0 Å². The fourth-order valence-corrected chi connectivity index (χ4v) is 1.85. The summed E-state index contributed by atoms with van der Waals surface area (Å²) < 4.78 is 27.0. The minimum Gasteiger partial charge on any atom is -0.486 e. The topological polar surface area (TPSA) is 63.2 Å². The second-order valence-corrected chi connectivity index (χ2v) is 4.27. The summed E-state index contributed by atoms with van der Waals surface area (Å²) in [4.78, 5) is 10.7. The Kier molecular flexibility index (Phi) is 4.34. The van der Waals surface area contributed by atoms with Crippen LogP contribution in [0.2, 0.25) is 0 Å². The third-order valence-electron chi connectivity index (χ3n) is 2.58. The molecule has 6 nitrogen and oxygen atoms in total. The van der Waals surface area contributed by atoms with Gasteiger partial charge in [0.25, 0.3) is 0 Å². The van der Waals surface area contributed by atoms with Gasteiger partial charge in [0.05, 0.1) is 6.61 Å². The monoisotopic (exact) mass is 282 g/mol. The normalized spacial score (nSPS) is 19.8. The summed E-state index contributed by atoms with van der Waals surface area (Å²) in [6.45, 7) is 5.79. The zero-order valence-electron chi connectivity index (χ0n) is 11.8. The lowest BCUT2D eigenvalue weighted by atomic mass is 10.3. The molecule has 1 aliphatic heterocycles. The molecule has 0 fully saturated rings. The quantitative estimate of drug-likeness (QED) is 0.588. The Balaban J connectivity index is 2.00. The van der Waals surface area contributed by atoms with Crippen LogP contribution in [0.15, 0.2) is 18.2 Å². The zero-order chi connectivity index (χ0) is 14.6. The molecule has 0 bridgehead atoms. The number of fused-ring (bicyclic) bond motifs is 1. The van der Waals surface area contributed by atoms with Gasteiger partial charge in [-0.1, -0.05) is 6.07 Å². The van der Waals surface area contributed by atoms with E-state index in [0.717, 1.165) is 0 Å². The van der Waals surface area contributed by atoms with Crippen molar-refractivity contribution >= 4 is 5.97 Å². The van der Waals surface area contributed by atoms with E-state index in [1.54, 1.807) is 25.1 Å². The van der Waals surface area contributed by atoms with Crippen LogP contribution in [-0.4, -0.2) is 31.8 Å². The summed E-state index contributed by atoms with van der Waals surface area (Å²) in [7, 11) is 0. The van der Waals surface area contributed by atoms with E-state index in [2.05, 4.69) is 0 Å². The lowest BCUT2D eigenvalue weighted by Gasteiger charge is -2.21. The van der Waals surface area contributed by atoms with Crippen LogP contribution in [-0.2, 0) is 14.3 Å². The molecule has 0 amide bonds. The van der Waals surface area contributed by atoms with Gasteiger partial charge in [-0.05, 0) is 19.1 Å². The highest BCUT2D eigenvalue weighted by atomic mass is 16.9. The molecular formula is C14H18O6. The summed E-state index contributed by atoms with van der Waals surface area (Å²) in [5, 5.41) is 0. The number of carbonyl (C=O) groups excluding carboxylic acids is 1. The van der Waals surface area contributed by atoms with Crippen LogP contribution in [0.3, 0.4) is 0 Å². The summed E-state index contributed by atoms with van der Waals surface area (Å²) in [6.07, 6.45) is 0. The minimum absolute atomic E-state index is 0.183. The molecule has 1 aromatic carbocycles. The Bertz CT molecular complexity index is 487. The molecule has 0 aliphatic carbocycles. The van der Waals surface area contributed by atoms with Gasteiger partial charge >= 0.3 is 11.9 Å². The maximum atomic E-state index is 10.7. The van der Waals surface area contributed by atoms with Gasteiger partial charge < -0.3 is 23.7 Å². The predicted molar refractivity (Wildman–Crippen MR) is 69.9 cm³/mol. The largest absolute Gasteiger partial charge is 0.486 e. The molecule has 1 aromatic rings. The van der Waals surface area contributed by atoms with Gasteiger partial charge in [0.15, 0.2) is 11.5 Å². The average Bonchev–Trinajstić information content (AvgIpc) is 2.71. The lowest BCUT2D eigenvalue weighted by Crippen LogP contribution is -2.38. The fraction of sp³-hybridized carbons (Fsp3) is 0.500. The van der Waals surface area contributed by atoms with Crippen LogP contribution >= 0.6 is 0 Å². The standard InChI is InChI=1S/C14H18O6/c1-4-18-14(3)19-12-7-5-6-11(13(12)20-14)17-9-8-16-10(2)15/h5-7H,4,8-9H2,1-3H3. The summed E-state index contributed by atoms with van der Waals surface area (Å²) in [5.74, 6) is 0.109. The van der Waals surface area contributed by atoms with Gasteiger partial charge in [0.1, 0.15) is 13.2 Å². The van der Waals surface area contributed by atoms with Crippen LogP contribution < -0.4 is 14.2 Å². The highest BCUT2D eigenvalue weighted by molar-refractivity contribution is 5.65. The smallest absolute Gasteiger partial charge is 0.369 e. The fourth-order valence-electron chi connectivity index (χ4n) is 1.85. The molecule has 0 radical (unpaired) electrons. The molecule has 1 aliphatic rings. The van der Waals surface area contributed by atoms with E-state index in [9.17, 15) is 4.79 Å². The van der Waals surface area contributed by atoms with Crippen molar-refractivity contribution in [3.05, 3.63) is 18.2 Å². The number of ether oxygens (including phenoxy) is 5. The number of rotatable bonds is 6. The number of carbonyl (C=O) groups is 1. The molecule has 1 heterocycles. The molecule has 6 heteroatoms. The van der Waals surface area contributed by atoms with Crippen molar-refractivity contribution in [3.63, 3.8) is 0 Å². The molecule has 0 saturated carbocycles. The maximum Gasteiger partial charge on any atom is 0.369 e. The molecule has 20 heavy (non-hydrogen) atoms. The molecule has 0 saturated heterocycles. The Morgan fingerprint density at radius 3 is 2.80 bits per heavy atom. The van der Waals surface area contributed by atoms with Crippen LogP contribution in [0.1, 0.15) is 20.8 Å². The van der Waals surface area contributed by atoms with E-state index in [-0.39, 0.29) is 19.2 Å². The van der Waals surface area contributed by atoms with Crippen molar-refractivity contribution in [2.45, 2.75) is 26.7 Å². The molecule has 1 unspecified atom stereocenters. The second-order valence-electron chi connectivity index (χ2n) is 4.27. The Morgan fingerprint density at radius 1 is 1.30 bits per heavy atom. The number of benzene rings is 1. The Labute approximate surface area is 117 Å². The molecule has 0 spiro atoms. The van der Waals surface area contributed by atoms with Gasteiger partial charge in [-0.15, -0.1) is 0 Å². The third kappa shape index (κ3) is 3.33. The van der Waals surface area contributed by atoms with Crippen molar-refractivity contribution in [1.82, 2.24) is 0 Å². The van der Waals surface area contributed by atoms with E-state index < -0.39 is 5.97 Å². The predicted octanol–water partition coefficient (Wildman–Crippen LogP) is 2.11. The first-order valence-electron chi connectivity index (χ1n) is 6.45. The average molecular weight is 282 g/mol. The van der Waals surface area contributed by atoms with Crippen molar-refractivity contribution in [3.8, 4) is 17.2 Å². The molecule has 1 atom stereocenters. The van der Waals surface area contributed by atoms with E-state index in [1.165, 1.54) is 6.92 Å². The van der Waals surface area contributed by atoms with Crippen molar-refractivity contribution in [2.75, 3.05) is 19.8 Å². The SMILES string of the molecule is CCOC1(C)Oc2cccc(OCCOC(C)=O)c2O1. The first-order chi connectivity index (χ1) is 9.54. The maximum absolute atomic E-state index is 10.7. The molecule has 0 N–H and O–H groups in total.